The lowest BCUT2D eigenvalue weighted by Crippen LogP contribution is -2.60. The van der Waals surface area contributed by atoms with Gasteiger partial charge in [-0.1, -0.05) is 0 Å². The van der Waals surface area contributed by atoms with Crippen molar-refractivity contribution >= 4 is 0 Å². The minimum atomic E-state index is -1.56. The fourth-order valence-corrected chi connectivity index (χ4v) is 1.93. The molecule has 0 saturated carbocycles. The molecule has 2 rings (SSSR count). The van der Waals surface area contributed by atoms with E-state index in [2.05, 4.69) is 0 Å². The lowest BCUT2D eigenvalue weighted by Gasteiger charge is -2.39. The summed E-state index contributed by atoms with van der Waals surface area (Å²) in [4.78, 5) is 0. The molecule has 0 radical (unpaired) electrons. The molecule has 0 aromatic heterocycles. The first-order chi connectivity index (χ1) is 9.42. The summed E-state index contributed by atoms with van der Waals surface area (Å²) < 4.78 is 10.3. The Hall–Kier alpha value is -1.58. The third-order valence-corrected chi connectivity index (χ3v) is 2.98. The highest BCUT2D eigenvalue weighted by atomic mass is 16.7. The Morgan fingerprint density at radius 1 is 0.950 bits per heavy atom. The second-order valence-corrected chi connectivity index (χ2v) is 4.50. The van der Waals surface area contributed by atoms with Gasteiger partial charge < -0.3 is 40.1 Å². The van der Waals surface area contributed by atoms with E-state index >= 15 is 0 Å². The van der Waals surface area contributed by atoms with Crippen molar-refractivity contribution in [1.82, 2.24) is 0 Å². The number of phenolic OH excluding ortho intramolecular Hbond substituents is 2. The van der Waals surface area contributed by atoms with E-state index in [0.717, 1.165) is 6.07 Å². The quantitative estimate of drug-likeness (QED) is 0.386. The molecule has 0 spiro atoms. The number of rotatable bonds is 3. The molecule has 0 aliphatic carbocycles. The number of phenols is 2. The van der Waals surface area contributed by atoms with Gasteiger partial charge in [0.05, 0.1) is 6.61 Å². The molecule has 8 heteroatoms. The molecule has 8 nitrogen and oxygen atoms in total. The van der Waals surface area contributed by atoms with Gasteiger partial charge in [0.1, 0.15) is 41.7 Å². The normalized spacial score (nSPS) is 33.9. The molecule has 1 aromatic carbocycles. The predicted octanol–water partition coefficient (Wildman–Crippen LogP) is -1.72. The van der Waals surface area contributed by atoms with Crippen molar-refractivity contribution in [2.45, 2.75) is 30.7 Å². The Bertz CT molecular complexity index is 443. The average Bonchev–Trinajstić information content (AvgIpc) is 2.38. The standard InChI is InChI=1S/C12H16O8/c13-4-8-9(16)10(17)11(18)12(20-8)19-7-2-5(14)1-6(15)3-7/h1-3,8-18H,4H2/t8-,9+,10+,11-,12-/m1/s1. The summed E-state index contributed by atoms with van der Waals surface area (Å²) in [5, 5.41) is 56.6. The highest BCUT2D eigenvalue weighted by Crippen LogP contribution is 2.29. The first kappa shape index (κ1) is 14.8. The lowest BCUT2D eigenvalue weighted by molar-refractivity contribution is -0.277. The second-order valence-electron chi connectivity index (χ2n) is 4.50. The van der Waals surface area contributed by atoms with Crippen LogP contribution in [0.3, 0.4) is 0 Å². The van der Waals surface area contributed by atoms with Crippen molar-refractivity contribution in [2.75, 3.05) is 6.61 Å². The minimum absolute atomic E-state index is 0.00757. The van der Waals surface area contributed by atoms with Gasteiger partial charge in [-0.25, -0.2) is 0 Å². The summed E-state index contributed by atoms with van der Waals surface area (Å²) >= 11 is 0. The van der Waals surface area contributed by atoms with Gasteiger partial charge in [-0.05, 0) is 0 Å². The summed E-state index contributed by atoms with van der Waals surface area (Å²) in [7, 11) is 0. The summed E-state index contributed by atoms with van der Waals surface area (Å²) in [5.74, 6) is -0.527. The van der Waals surface area contributed by atoms with Crippen LogP contribution in [-0.2, 0) is 4.74 Å². The van der Waals surface area contributed by atoms with Gasteiger partial charge in [-0.2, -0.15) is 0 Å². The van der Waals surface area contributed by atoms with E-state index in [-0.39, 0.29) is 17.2 Å². The molecular formula is C12H16O8. The van der Waals surface area contributed by atoms with Crippen LogP contribution in [-0.4, -0.2) is 68.0 Å². The number of ether oxygens (including phenoxy) is 2. The van der Waals surface area contributed by atoms with Crippen molar-refractivity contribution < 1.29 is 40.1 Å². The van der Waals surface area contributed by atoms with E-state index in [1.807, 2.05) is 0 Å². The van der Waals surface area contributed by atoms with Crippen LogP contribution in [0.2, 0.25) is 0 Å². The molecule has 1 saturated heterocycles. The van der Waals surface area contributed by atoms with E-state index in [0.29, 0.717) is 0 Å². The number of hydrogen-bond donors (Lipinski definition) is 6. The number of aromatic hydroxyl groups is 2. The Kier molecular flexibility index (Phi) is 4.31. The van der Waals surface area contributed by atoms with Gasteiger partial charge in [0, 0.05) is 18.2 Å². The molecular weight excluding hydrogens is 272 g/mol. The molecule has 112 valence electrons. The number of benzene rings is 1. The van der Waals surface area contributed by atoms with Gasteiger partial charge in [-0.15, -0.1) is 0 Å². The van der Waals surface area contributed by atoms with Crippen LogP contribution in [0.4, 0.5) is 0 Å². The Morgan fingerprint density at radius 2 is 1.55 bits per heavy atom. The summed E-state index contributed by atoms with van der Waals surface area (Å²) in [6.45, 7) is -0.573. The van der Waals surface area contributed by atoms with Crippen molar-refractivity contribution in [3.05, 3.63) is 18.2 Å². The van der Waals surface area contributed by atoms with E-state index in [1.165, 1.54) is 12.1 Å². The first-order valence-corrected chi connectivity index (χ1v) is 5.92. The first-order valence-electron chi connectivity index (χ1n) is 5.92. The second kappa shape index (κ2) is 5.81. The minimum Gasteiger partial charge on any atom is -0.508 e. The van der Waals surface area contributed by atoms with Gasteiger partial charge in [0.15, 0.2) is 0 Å². The van der Waals surface area contributed by atoms with E-state index in [1.54, 1.807) is 0 Å². The fourth-order valence-electron chi connectivity index (χ4n) is 1.93. The topological polar surface area (TPSA) is 140 Å². The highest BCUT2D eigenvalue weighted by Gasteiger charge is 2.44. The Morgan fingerprint density at radius 3 is 2.10 bits per heavy atom. The third kappa shape index (κ3) is 2.94. The summed E-state index contributed by atoms with van der Waals surface area (Å²) in [6, 6.07) is 3.42. The van der Waals surface area contributed by atoms with Crippen LogP contribution < -0.4 is 4.74 Å². The van der Waals surface area contributed by atoms with Crippen molar-refractivity contribution in [3.63, 3.8) is 0 Å². The molecule has 0 amide bonds. The Labute approximate surface area is 114 Å². The Balaban J connectivity index is 2.15. The number of aliphatic hydroxyl groups is 4. The van der Waals surface area contributed by atoms with Gasteiger partial charge in [0.2, 0.25) is 6.29 Å². The fraction of sp³-hybridized carbons (Fsp3) is 0.500. The van der Waals surface area contributed by atoms with Crippen LogP contribution in [0, 0.1) is 0 Å². The highest BCUT2D eigenvalue weighted by molar-refractivity contribution is 5.40. The van der Waals surface area contributed by atoms with Crippen molar-refractivity contribution in [2.24, 2.45) is 0 Å². The molecule has 1 aliphatic rings. The molecule has 5 atom stereocenters. The van der Waals surface area contributed by atoms with Crippen LogP contribution in [0.5, 0.6) is 17.2 Å². The molecule has 20 heavy (non-hydrogen) atoms. The molecule has 1 heterocycles. The van der Waals surface area contributed by atoms with Crippen LogP contribution >= 0.6 is 0 Å². The monoisotopic (exact) mass is 288 g/mol. The van der Waals surface area contributed by atoms with Gasteiger partial charge in [0.25, 0.3) is 0 Å². The predicted molar refractivity (Wildman–Crippen MR) is 64.2 cm³/mol. The van der Waals surface area contributed by atoms with E-state index in [9.17, 15) is 25.5 Å². The van der Waals surface area contributed by atoms with Gasteiger partial charge in [-0.3, -0.25) is 0 Å². The maximum atomic E-state index is 9.75. The lowest BCUT2D eigenvalue weighted by atomic mass is 9.99. The number of hydrogen-bond acceptors (Lipinski definition) is 8. The van der Waals surface area contributed by atoms with Crippen molar-refractivity contribution in [1.29, 1.82) is 0 Å². The number of aliphatic hydroxyl groups excluding tert-OH is 4. The molecule has 1 fully saturated rings. The average molecular weight is 288 g/mol. The molecule has 0 unspecified atom stereocenters. The largest absolute Gasteiger partial charge is 0.508 e. The molecule has 1 aromatic rings. The molecule has 1 aliphatic heterocycles. The van der Waals surface area contributed by atoms with E-state index < -0.39 is 37.3 Å². The maximum absolute atomic E-state index is 9.75. The smallest absolute Gasteiger partial charge is 0.229 e. The maximum Gasteiger partial charge on any atom is 0.229 e. The molecule has 6 N–H and O–H groups in total. The SMILES string of the molecule is OC[C@H]1O[C@@H](Oc2cc(O)cc(O)c2)[C@H](O)[C@@H](O)[C@H]1O. The zero-order chi connectivity index (χ0) is 14.9. The zero-order valence-electron chi connectivity index (χ0n) is 10.3. The third-order valence-electron chi connectivity index (χ3n) is 2.98. The summed E-state index contributed by atoms with van der Waals surface area (Å²) in [6.07, 6.45) is -7.06. The van der Waals surface area contributed by atoms with Crippen molar-refractivity contribution in [3.8, 4) is 17.2 Å². The van der Waals surface area contributed by atoms with Gasteiger partial charge >= 0.3 is 0 Å². The van der Waals surface area contributed by atoms with Crippen LogP contribution in [0.25, 0.3) is 0 Å². The van der Waals surface area contributed by atoms with Crippen LogP contribution in [0.1, 0.15) is 0 Å². The molecule has 0 bridgehead atoms. The summed E-state index contributed by atoms with van der Waals surface area (Å²) in [5.41, 5.74) is 0. The van der Waals surface area contributed by atoms with Crippen LogP contribution in [0.15, 0.2) is 18.2 Å². The zero-order valence-corrected chi connectivity index (χ0v) is 10.3. The van der Waals surface area contributed by atoms with E-state index in [4.69, 9.17) is 14.6 Å².